The van der Waals surface area contributed by atoms with Gasteiger partial charge >= 0.3 is 5.97 Å². The number of aromatic nitrogens is 1. The summed E-state index contributed by atoms with van der Waals surface area (Å²) in [6, 6.07) is 3.55. The lowest BCUT2D eigenvalue weighted by Crippen LogP contribution is -2.29. The molecule has 0 saturated carbocycles. The normalized spacial score (nSPS) is 10.3. The van der Waals surface area contributed by atoms with Gasteiger partial charge in [-0.1, -0.05) is 0 Å². The number of esters is 1. The van der Waals surface area contributed by atoms with Crippen molar-refractivity contribution in [1.29, 1.82) is 0 Å². The second kappa shape index (κ2) is 6.33. The van der Waals surface area contributed by atoms with Gasteiger partial charge in [0.25, 0.3) is 5.91 Å². The molecule has 2 heterocycles. The standard InChI is InChI=1S/C13H14N2O4S/c1-15(6-5-11(16)18-2)13(17)9-8-20-12(14-9)10-4-3-7-19-10/h3-4,7-8H,5-6H2,1-2H3. The van der Waals surface area contributed by atoms with Crippen LogP contribution in [0.3, 0.4) is 0 Å². The maximum Gasteiger partial charge on any atom is 0.307 e. The van der Waals surface area contributed by atoms with Gasteiger partial charge < -0.3 is 14.1 Å². The third-order valence-electron chi connectivity index (χ3n) is 2.68. The van der Waals surface area contributed by atoms with Gasteiger partial charge in [-0.25, -0.2) is 4.98 Å². The molecule has 0 radical (unpaired) electrons. The highest BCUT2D eigenvalue weighted by atomic mass is 32.1. The molecule has 0 bridgehead atoms. The SMILES string of the molecule is COC(=O)CCN(C)C(=O)c1csc(-c2ccco2)n1. The first-order valence-electron chi connectivity index (χ1n) is 5.93. The van der Waals surface area contributed by atoms with Crippen LogP contribution in [0.25, 0.3) is 10.8 Å². The molecule has 6 nitrogen and oxygen atoms in total. The van der Waals surface area contributed by atoms with E-state index in [9.17, 15) is 9.59 Å². The molecule has 1 amide bonds. The zero-order valence-corrected chi connectivity index (χ0v) is 12.0. The van der Waals surface area contributed by atoms with Crippen molar-refractivity contribution in [3.8, 4) is 10.8 Å². The summed E-state index contributed by atoms with van der Waals surface area (Å²) < 4.78 is 9.76. The van der Waals surface area contributed by atoms with Gasteiger partial charge in [0.1, 0.15) is 5.69 Å². The summed E-state index contributed by atoms with van der Waals surface area (Å²) in [6.45, 7) is 0.291. The van der Waals surface area contributed by atoms with Crippen LogP contribution in [0.2, 0.25) is 0 Å². The number of furan rings is 1. The fraction of sp³-hybridized carbons (Fsp3) is 0.308. The van der Waals surface area contributed by atoms with E-state index in [0.29, 0.717) is 23.0 Å². The summed E-state index contributed by atoms with van der Waals surface area (Å²) in [5, 5.41) is 2.33. The largest absolute Gasteiger partial charge is 0.469 e. The van der Waals surface area contributed by atoms with Crippen molar-refractivity contribution in [3.05, 3.63) is 29.5 Å². The number of carbonyl (C=O) groups excluding carboxylic acids is 2. The van der Waals surface area contributed by atoms with E-state index in [4.69, 9.17) is 4.42 Å². The Morgan fingerprint density at radius 3 is 2.95 bits per heavy atom. The van der Waals surface area contributed by atoms with Crippen LogP contribution in [0.1, 0.15) is 16.9 Å². The summed E-state index contributed by atoms with van der Waals surface area (Å²) in [4.78, 5) is 28.8. The molecule has 0 spiro atoms. The molecule has 0 atom stereocenters. The summed E-state index contributed by atoms with van der Waals surface area (Å²) in [5.74, 6) is 0.0495. The Bertz CT molecular complexity index is 591. The number of nitrogens with zero attached hydrogens (tertiary/aromatic N) is 2. The number of hydrogen-bond acceptors (Lipinski definition) is 6. The number of hydrogen-bond donors (Lipinski definition) is 0. The molecule has 0 N–H and O–H groups in total. The monoisotopic (exact) mass is 294 g/mol. The molecule has 2 rings (SSSR count). The minimum Gasteiger partial charge on any atom is -0.469 e. The maximum absolute atomic E-state index is 12.1. The molecule has 0 aliphatic rings. The van der Waals surface area contributed by atoms with Crippen LogP contribution in [-0.4, -0.2) is 42.5 Å². The first kappa shape index (κ1) is 14.3. The second-order valence-corrected chi connectivity index (χ2v) is 4.93. The van der Waals surface area contributed by atoms with E-state index in [-0.39, 0.29) is 18.3 Å². The van der Waals surface area contributed by atoms with E-state index in [1.165, 1.54) is 23.3 Å². The van der Waals surface area contributed by atoms with Gasteiger partial charge in [-0.2, -0.15) is 0 Å². The van der Waals surface area contributed by atoms with E-state index in [1.807, 2.05) is 0 Å². The average Bonchev–Trinajstić information content (AvgIpc) is 3.13. The average molecular weight is 294 g/mol. The minimum atomic E-state index is -0.348. The van der Waals surface area contributed by atoms with E-state index >= 15 is 0 Å². The van der Waals surface area contributed by atoms with Crippen LogP contribution in [-0.2, 0) is 9.53 Å². The summed E-state index contributed by atoms with van der Waals surface area (Å²) in [5.41, 5.74) is 0.341. The topological polar surface area (TPSA) is 72.6 Å². The van der Waals surface area contributed by atoms with E-state index in [2.05, 4.69) is 9.72 Å². The molecular weight excluding hydrogens is 280 g/mol. The first-order valence-corrected chi connectivity index (χ1v) is 6.81. The van der Waals surface area contributed by atoms with Gasteiger partial charge in [0, 0.05) is 19.0 Å². The Morgan fingerprint density at radius 2 is 2.30 bits per heavy atom. The van der Waals surface area contributed by atoms with Gasteiger partial charge in [0.2, 0.25) is 0 Å². The van der Waals surface area contributed by atoms with E-state index in [0.717, 1.165) is 0 Å². The van der Waals surface area contributed by atoms with Crippen molar-refractivity contribution in [3.63, 3.8) is 0 Å². The summed E-state index contributed by atoms with van der Waals surface area (Å²) in [7, 11) is 2.94. The fourth-order valence-electron chi connectivity index (χ4n) is 1.54. The number of rotatable bonds is 5. The first-order chi connectivity index (χ1) is 9.61. The van der Waals surface area contributed by atoms with Crippen molar-refractivity contribution >= 4 is 23.2 Å². The second-order valence-electron chi connectivity index (χ2n) is 4.07. The molecule has 0 aromatic carbocycles. The lowest BCUT2D eigenvalue weighted by atomic mass is 10.3. The van der Waals surface area contributed by atoms with Crippen molar-refractivity contribution < 1.29 is 18.7 Å². The zero-order chi connectivity index (χ0) is 14.5. The Hall–Kier alpha value is -2.15. The molecule has 7 heteroatoms. The highest BCUT2D eigenvalue weighted by Gasteiger charge is 2.17. The third kappa shape index (κ3) is 3.24. The van der Waals surface area contributed by atoms with Crippen LogP contribution in [0.15, 0.2) is 28.2 Å². The van der Waals surface area contributed by atoms with Gasteiger partial charge in [-0.3, -0.25) is 9.59 Å². The van der Waals surface area contributed by atoms with Crippen LogP contribution in [0.4, 0.5) is 0 Å². The molecule has 106 valence electrons. The van der Waals surface area contributed by atoms with Crippen LogP contribution >= 0.6 is 11.3 Å². The molecule has 0 fully saturated rings. The third-order valence-corrected chi connectivity index (χ3v) is 3.54. The van der Waals surface area contributed by atoms with E-state index < -0.39 is 0 Å². The molecule has 0 unspecified atom stereocenters. The minimum absolute atomic E-state index is 0.161. The molecule has 0 saturated heterocycles. The van der Waals surface area contributed by atoms with Gasteiger partial charge in [-0.05, 0) is 12.1 Å². The van der Waals surface area contributed by atoms with E-state index in [1.54, 1.807) is 30.8 Å². The number of carbonyl (C=O) groups is 2. The highest BCUT2D eigenvalue weighted by Crippen LogP contribution is 2.24. The van der Waals surface area contributed by atoms with Gasteiger partial charge in [0.05, 0.1) is 19.8 Å². The van der Waals surface area contributed by atoms with Crippen molar-refractivity contribution in [2.75, 3.05) is 20.7 Å². The lowest BCUT2D eigenvalue weighted by Gasteiger charge is -2.14. The number of amides is 1. The van der Waals surface area contributed by atoms with Crippen molar-refractivity contribution in [2.24, 2.45) is 0 Å². The molecule has 20 heavy (non-hydrogen) atoms. The molecular formula is C13H14N2O4S. The maximum atomic E-state index is 12.1. The predicted molar refractivity (Wildman–Crippen MR) is 73.4 cm³/mol. The smallest absolute Gasteiger partial charge is 0.307 e. The number of methoxy groups -OCH3 is 1. The molecule has 2 aromatic rings. The highest BCUT2D eigenvalue weighted by molar-refractivity contribution is 7.13. The van der Waals surface area contributed by atoms with Gasteiger partial charge in [0.15, 0.2) is 10.8 Å². The lowest BCUT2D eigenvalue weighted by molar-refractivity contribution is -0.140. The molecule has 0 aliphatic heterocycles. The Labute approximate surface area is 120 Å². The number of thiazole rings is 1. The van der Waals surface area contributed by atoms with Crippen molar-refractivity contribution in [2.45, 2.75) is 6.42 Å². The Morgan fingerprint density at radius 1 is 1.50 bits per heavy atom. The number of ether oxygens (including phenoxy) is 1. The van der Waals surface area contributed by atoms with Crippen LogP contribution < -0.4 is 0 Å². The molecule has 0 aliphatic carbocycles. The van der Waals surface area contributed by atoms with Gasteiger partial charge in [-0.15, -0.1) is 11.3 Å². The summed E-state index contributed by atoms with van der Waals surface area (Å²) >= 11 is 1.34. The Kier molecular flexibility index (Phi) is 4.52. The fourth-order valence-corrected chi connectivity index (χ4v) is 2.30. The summed E-state index contributed by atoms with van der Waals surface area (Å²) in [6.07, 6.45) is 1.72. The van der Waals surface area contributed by atoms with Crippen LogP contribution in [0, 0.1) is 0 Å². The van der Waals surface area contributed by atoms with Crippen LogP contribution in [0.5, 0.6) is 0 Å². The zero-order valence-electron chi connectivity index (χ0n) is 11.2. The quantitative estimate of drug-likeness (QED) is 0.789. The predicted octanol–water partition coefficient (Wildman–Crippen LogP) is 2.04. The molecule has 2 aromatic heterocycles. The van der Waals surface area contributed by atoms with Crippen molar-refractivity contribution in [1.82, 2.24) is 9.88 Å². The Balaban J connectivity index is 2.00.